The molecule has 3 aliphatic rings. The van der Waals surface area contributed by atoms with Crippen LogP contribution in [0.4, 0.5) is 0 Å². The SMILES string of the molecule is CCCCN(CCC[N+](C)(C)C)C(=O)CN1C[C@H](c2ccc3c(c2)CCO3)[C@@H](C(=O)O)[C@@H]1CCN1CC(C)(C)CC1=O. The maximum absolute atomic E-state index is 13.8. The number of unbranched alkanes of at least 4 members (excludes halogenated alkanes) is 1. The van der Waals surface area contributed by atoms with E-state index < -0.39 is 11.9 Å². The van der Waals surface area contributed by atoms with E-state index >= 15 is 0 Å². The summed E-state index contributed by atoms with van der Waals surface area (Å²) in [5.74, 6) is -0.658. The number of hydrogen-bond acceptors (Lipinski definition) is 5. The van der Waals surface area contributed by atoms with E-state index in [4.69, 9.17) is 4.74 Å². The number of aliphatic carboxylic acids is 1. The highest BCUT2D eigenvalue weighted by Gasteiger charge is 2.48. The second-order valence-electron chi connectivity index (χ2n) is 14.5. The molecule has 2 saturated heterocycles. The molecule has 0 bridgehead atoms. The molecule has 9 nitrogen and oxygen atoms in total. The fraction of sp³-hybridized carbons (Fsp3) is 0.727. The van der Waals surface area contributed by atoms with Crippen LogP contribution >= 0.6 is 0 Å². The van der Waals surface area contributed by atoms with Crippen molar-refractivity contribution in [1.29, 1.82) is 0 Å². The average Bonchev–Trinajstić information content (AvgIpc) is 3.58. The van der Waals surface area contributed by atoms with E-state index in [0.29, 0.717) is 45.6 Å². The predicted molar refractivity (Wildman–Crippen MR) is 163 cm³/mol. The Morgan fingerprint density at radius 3 is 2.55 bits per heavy atom. The van der Waals surface area contributed by atoms with Gasteiger partial charge in [-0.25, -0.2) is 0 Å². The third-order valence-electron chi connectivity index (χ3n) is 9.20. The molecular formula is C33H53N4O5+. The van der Waals surface area contributed by atoms with Gasteiger partial charge in [-0.3, -0.25) is 19.3 Å². The number of likely N-dealkylation sites (tertiary alicyclic amines) is 2. The maximum atomic E-state index is 13.8. The lowest BCUT2D eigenvalue weighted by atomic mass is 9.83. The Morgan fingerprint density at radius 1 is 1.17 bits per heavy atom. The Morgan fingerprint density at radius 2 is 1.90 bits per heavy atom. The zero-order valence-corrected chi connectivity index (χ0v) is 26.7. The Hall–Kier alpha value is -2.65. The molecule has 2 amide bonds. The first-order valence-corrected chi connectivity index (χ1v) is 15.9. The van der Waals surface area contributed by atoms with Crippen molar-refractivity contribution < 1.29 is 28.7 Å². The van der Waals surface area contributed by atoms with E-state index in [1.54, 1.807) is 0 Å². The largest absolute Gasteiger partial charge is 0.493 e. The number of nitrogens with zero attached hydrogens (tertiary/aromatic N) is 4. The summed E-state index contributed by atoms with van der Waals surface area (Å²) in [6.07, 6.45) is 4.76. The van der Waals surface area contributed by atoms with Crippen LogP contribution in [-0.2, 0) is 20.8 Å². The Bertz CT molecular complexity index is 1130. The van der Waals surface area contributed by atoms with Gasteiger partial charge in [-0.15, -0.1) is 0 Å². The summed E-state index contributed by atoms with van der Waals surface area (Å²) in [5.41, 5.74) is 2.04. The molecule has 42 heavy (non-hydrogen) atoms. The van der Waals surface area contributed by atoms with Gasteiger partial charge in [0.2, 0.25) is 11.8 Å². The molecular weight excluding hydrogens is 532 g/mol. The standard InChI is InChI=1S/C33H52N4O5/c1-7-8-14-34(15-9-17-37(4,5)6)30(39)22-36-21-26(24-10-11-28-25(19-24)13-18-42-28)31(32(40)41)27(36)12-16-35-23-33(2,3)20-29(35)38/h10-11,19,26-27,31H,7-9,12-18,20-23H2,1-6H3/p+1/t26-,27+,31-/m1/s1. The molecule has 0 saturated carbocycles. The van der Waals surface area contributed by atoms with Crippen LogP contribution in [0.25, 0.3) is 0 Å². The average molecular weight is 586 g/mol. The van der Waals surface area contributed by atoms with Crippen molar-refractivity contribution in [3.63, 3.8) is 0 Å². The summed E-state index contributed by atoms with van der Waals surface area (Å²) in [5, 5.41) is 10.6. The van der Waals surface area contributed by atoms with Crippen LogP contribution in [0.1, 0.15) is 69.9 Å². The number of amides is 2. The third kappa shape index (κ3) is 8.04. The van der Waals surface area contributed by atoms with Gasteiger partial charge in [-0.1, -0.05) is 39.3 Å². The number of carbonyl (C=O) groups is 3. The van der Waals surface area contributed by atoms with Crippen LogP contribution in [0, 0.1) is 11.3 Å². The van der Waals surface area contributed by atoms with Gasteiger partial charge in [0.25, 0.3) is 0 Å². The van der Waals surface area contributed by atoms with Crippen molar-refractivity contribution in [2.75, 3.05) is 73.6 Å². The molecule has 3 atom stereocenters. The van der Waals surface area contributed by atoms with Gasteiger partial charge in [0, 0.05) is 63.9 Å². The van der Waals surface area contributed by atoms with Gasteiger partial charge in [-0.05, 0) is 35.4 Å². The normalized spacial score (nSPS) is 23.7. The molecule has 0 aromatic heterocycles. The van der Waals surface area contributed by atoms with Gasteiger partial charge in [0.15, 0.2) is 0 Å². The lowest BCUT2D eigenvalue weighted by Crippen LogP contribution is -2.46. The number of hydrogen-bond donors (Lipinski definition) is 1. The molecule has 0 spiro atoms. The first-order chi connectivity index (χ1) is 19.8. The number of benzene rings is 1. The summed E-state index contributed by atoms with van der Waals surface area (Å²) in [4.78, 5) is 45.5. The zero-order chi connectivity index (χ0) is 30.7. The van der Waals surface area contributed by atoms with Crippen LogP contribution in [-0.4, -0.2) is 122 Å². The van der Waals surface area contributed by atoms with E-state index in [0.717, 1.165) is 60.1 Å². The minimum atomic E-state index is -0.837. The van der Waals surface area contributed by atoms with Crippen molar-refractivity contribution in [3.05, 3.63) is 29.3 Å². The van der Waals surface area contributed by atoms with Crippen molar-refractivity contribution in [1.82, 2.24) is 14.7 Å². The second-order valence-corrected chi connectivity index (χ2v) is 14.5. The maximum Gasteiger partial charge on any atom is 0.308 e. The monoisotopic (exact) mass is 585 g/mol. The zero-order valence-electron chi connectivity index (χ0n) is 26.7. The number of ether oxygens (including phenoxy) is 1. The predicted octanol–water partition coefficient (Wildman–Crippen LogP) is 3.46. The molecule has 0 aliphatic carbocycles. The van der Waals surface area contributed by atoms with Gasteiger partial charge in [0.05, 0.1) is 46.8 Å². The van der Waals surface area contributed by atoms with Crippen LogP contribution in [0.3, 0.4) is 0 Å². The summed E-state index contributed by atoms with van der Waals surface area (Å²) >= 11 is 0. The van der Waals surface area contributed by atoms with Crippen LogP contribution in [0.2, 0.25) is 0 Å². The molecule has 1 aromatic carbocycles. The molecule has 1 aromatic rings. The molecule has 9 heteroatoms. The second kappa shape index (κ2) is 13.3. The fourth-order valence-corrected chi connectivity index (χ4v) is 7.02. The van der Waals surface area contributed by atoms with Crippen LogP contribution < -0.4 is 4.74 Å². The van der Waals surface area contributed by atoms with Crippen LogP contribution in [0.15, 0.2) is 18.2 Å². The number of quaternary nitrogens is 1. The van der Waals surface area contributed by atoms with E-state index in [2.05, 4.69) is 52.9 Å². The number of carboxylic acid groups (broad SMARTS) is 1. The van der Waals surface area contributed by atoms with E-state index in [1.165, 1.54) is 0 Å². The smallest absolute Gasteiger partial charge is 0.308 e. The fourth-order valence-electron chi connectivity index (χ4n) is 7.02. The van der Waals surface area contributed by atoms with E-state index in [9.17, 15) is 19.5 Å². The summed E-state index contributed by atoms with van der Waals surface area (Å²) in [7, 11) is 6.49. The minimum Gasteiger partial charge on any atom is -0.493 e. The molecule has 3 aliphatic heterocycles. The Kier molecular flexibility index (Phi) is 10.2. The number of carboxylic acids is 1. The quantitative estimate of drug-likeness (QED) is 0.337. The van der Waals surface area contributed by atoms with Gasteiger partial charge < -0.3 is 24.1 Å². The van der Waals surface area contributed by atoms with Crippen molar-refractivity contribution in [2.24, 2.45) is 11.3 Å². The van der Waals surface area contributed by atoms with Gasteiger partial charge >= 0.3 is 5.97 Å². The number of carbonyl (C=O) groups excluding carboxylic acids is 2. The first kappa shape index (κ1) is 32.3. The lowest BCUT2D eigenvalue weighted by molar-refractivity contribution is -0.870. The van der Waals surface area contributed by atoms with Crippen molar-refractivity contribution in [3.8, 4) is 5.75 Å². The highest BCUT2D eigenvalue weighted by Crippen LogP contribution is 2.41. The highest BCUT2D eigenvalue weighted by atomic mass is 16.5. The molecule has 1 N–H and O–H groups in total. The molecule has 2 fully saturated rings. The Balaban J connectivity index is 1.56. The molecule has 4 rings (SSSR count). The molecule has 0 radical (unpaired) electrons. The van der Waals surface area contributed by atoms with E-state index in [-0.39, 0.29) is 35.7 Å². The van der Waals surface area contributed by atoms with Gasteiger partial charge in [0.1, 0.15) is 5.75 Å². The Labute approximate surface area is 252 Å². The topological polar surface area (TPSA) is 90.4 Å². The highest BCUT2D eigenvalue weighted by molar-refractivity contribution is 5.80. The summed E-state index contributed by atoms with van der Waals surface area (Å²) < 4.78 is 6.55. The van der Waals surface area contributed by atoms with Crippen molar-refractivity contribution in [2.45, 2.75) is 71.3 Å². The minimum absolute atomic E-state index is 0.0698. The van der Waals surface area contributed by atoms with Crippen molar-refractivity contribution >= 4 is 17.8 Å². The molecule has 234 valence electrons. The number of fused-ring (bicyclic) bond motifs is 1. The number of rotatable bonds is 14. The van der Waals surface area contributed by atoms with E-state index in [1.807, 2.05) is 21.9 Å². The summed E-state index contributed by atoms with van der Waals surface area (Å²) in [6.45, 7) is 11.3. The molecule has 0 unspecified atom stereocenters. The van der Waals surface area contributed by atoms with Crippen LogP contribution in [0.5, 0.6) is 5.75 Å². The molecule has 3 heterocycles. The summed E-state index contributed by atoms with van der Waals surface area (Å²) in [6, 6.07) is 5.73. The van der Waals surface area contributed by atoms with Gasteiger partial charge in [-0.2, -0.15) is 0 Å². The lowest BCUT2D eigenvalue weighted by Gasteiger charge is -2.31. The third-order valence-corrected chi connectivity index (χ3v) is 9.20. The first-order valence-electron chi connectivity index (χ1n) is 15.9.